The van der Waals surface area contributed by atoms with E-state index in [4.69, 9.17) is 4.74 Å². The van der Waals surface area contributed by atoms with E-state index in [1.54, 1.807) is 7.11 Å². The summed E-state index contributed by atoms with van der Waals surface area (Å²) in [5.74, 6) is 0.497. The summed E-state index contributed by atoms with van der Waals surface area (Å²) in [5.41, 5.74) is 0.954. The highest BCUT2D eigenvalue weighted by atomic mass is 16.5. The van der Waals surface area contributed by atoms with Gasteiger partial charge in [0.25, 0.3) is 0 Å². The topological polar surface area (TPSA) is 46.5 Å². The highest BCUT2D eigenvalue weighted by Crippen LogP contribution is 2.67. The third kappa shape index (κ3) is 1.45. The van der Waals surface area contributed by atoms with Crippen molar-refractivity contribution in [2.75, 3.05) is 7.11 Å². The van der Waals surface area contributed by atoms with Crippen LogP contribution in [-0.2, 0) is 10.2 Å². The van der Waals surface area contributed by atoms with Gasteiger partial charge in [-0.3, -0.25) is 4.79 Å². The summed E-state index contributed by atoms with van der Waals surface area (Å²) in [6, 6.07) is 7.86. The van der Waals surface area contributed by atoms with E-state index in [0.717, 1.165) is 30.6 Å². The van der Waals surface area contributed by atoms with Gasteiger partial charge < -0.3 is 9.84 Å². The zero-order valence-electron chi connectivity index (χ0n) is 9.85. The first-order chi connectivity index (χ1) is 8.20. The van der Waals surface area contributed by atoms with Crippen molar-refractivity contribution in [1.29, 1.82) is 0 Å². The molecule has 2 unspecified atom stereocenters. The lowest BCUT2D eigenvalue weighted by molar-refractivity contribution is -0.139. The van der Waals surface area contributed by atoms with Crippen LogP contribution in [0, 0.1) is 11.8 Å². The number of carboxylic acids is 1. The second kappa shape index (κ2) is 3.49. The van der Waals surface area contributed by atoms with Crippen molar-refractivity contribution in [3.63, 3.8) is 0 Å². The standard InChI is InChI=1S/C14H16O3/c1-17-12-5-3-2-4-10(12)14(9-6-7-9)8-11(14)13(15)16/h2-5,9,11H,6-8H2,1H3,(H,15,16). The molecule has 3 rings (SSSR count). The molecule has 2 fully saturated rings. The maximum Gasteiger partial charge on any atom is 0.307 e. The largest absolute Gasteiger partial charge is 0.496 e. The Kier molecular flexibility index (Phi) is 2.18. The van der Waals surface area contributed by atoms with Crippen LogP contribution in [0.2, 0.25) is 0 Å². The molecule has 0 aliphatic heterocycles. The van der Waals surface area contributed by atoms with E-state index < -0.39 is 5.97 Å². The zero-order chi connectivity index (χ0) is 12.0. The monoisotopic (exact) mass is 232 g/mol. The van der Waals surface area contributed by atoms with Gasteiger partial charge in [0, 0.05) is 11.0 Å². The summed E-state index contributed by atoms with van der Waals surface area (Å²) in [5, 5.41) is 9.25. The maximum absolute atomic E-state index is 11.2. The molecule has 0 heterocycles. The molecule has 0 bridgehead atoms. The van der Waals surface area contributed by atoms with E-state index in [9.17, 15) is 9.90 Å². The molecule has 0 radical (unpaired) electrons. The van der Waals surface area contributed by atoms with Crippen LogP contribution in [0.25, 0.3) is 0 Å². The minimum atomic E-state index is -0.664. The molecule has 3 heteroatoms. The molecule has 0 saturated heterocycles. The summed E-state index contributed by atoms with van der Waals surface area (Å²) in [4.78, 5) is 11.2. The van der Waals surface area contributed by atoms with Gasteiger partial charge in [-0.1, -0.05) is 18.2 Å². The van der Waals surface area contributed by atoms with Crippen LogP contribution in [0.15, 0.2) is 24.3 Å². The van der Waals surface area contributed by atoms with Crippen molar-refractivity contribution in [2.24, 2.45) is 11.8 Å². The van der Waals surface area contributed by atoms with E-state index in [2.05, 4.69) is 0 Å². The number of benzene rings is 1. The molecule has 1 aromatic carbocycles. The Morgan fingerprint density at radius 2 is 2.12 bits per heavy atom. The number of aliphatic carboxylic acids is 1. The molecule has 17 heavy (non-hydrogen) atoms. The fraction of sp³-hybridized carbons (Fsp3) is 0.500. The lowest BCUT2D eigenvalue weighted by Gasteiger charge is -2.19. The molecule has 90 valence electrons. The van der Waals surface area contributed by atoms with Crippen LogP contribution in [0.5, 0.6) is 5.75 Å². The number of carbonyl (C=O) groups is 1. The minimum absolute atomic E-state index is 0.140. The van der Waals surface area contributed by atoms with Gasteiger partial charge in [0.1, 0.15) is 5.75 Å². The van der Waals surface area contributed by atoms with E-state index >= 15 is 0 Å². The summed E-state index contributed by atoms with van der Waals surface area (Å²) in [7, 11) is 1.65. The van der Waals surface area contributed by atoms with Gasteiger partial charge in [-0.15, -0.1) is 0 Å². The Hall–Kier alpha value is -1.51. The van der Waals surface area contributed by atoms with Crippen LogP contribution in [0.4, 0.5) is 0 Å². The van der Waals surface area contributed by atoms with Crippen LogP contribution >= 0.6 is 0 Å². The second-order valence-electron chi connectivity index (χ2n) is 5.11. The summed E-state index contributed by atoms with van der Waals surface area (Å²) >= 11 is 0. The van der Waals surface area contributed by atoms with E-state index in [0.29, 0.717) is 5.92 Å². The summed E-state index contributed by atoms with van der Waals surface area (Å²) in [6.45, 7) is 0. The Labute approximate surface area is 100 Å². The molecule has 2 saturated carbocycles. The number of hydrogen-bond donors (Lipinski definition) is 1. The maximum atomic E-state index is 11.2. The Bertz CT molecular complexity index is 464. The van der Waals surface area contributed by atoms with Crippen molar-refractivity contribution < 1.29 is 14.6 Å². The molecule has 2 atom stereocenters. The van der Waals surface area contributed by atoms with Gasteiger partial charge in [0.15, 0.2) is 0 Å². The Balaban J connectivity index is 2.03. The van der Waals surface area contributed by atoms with Crippen LogP contribution in [-0.4, -0.2) is 18.2 Å². The third-order valence-corrected chi connectivity index (χ3v) is 4.22. The molecule has 3 nitrogen and oxygen atoms in total. The number of ether oxygens (including phenoxy) is 1. The zero-order valence-corrected chi connectivity index (χ0v) is 9.85. The summed E-state index contributed by atoms with van der Waals surface area (Å²) in [6.07, 6.45) is 3.08. The van der Waals surface area contributed by atoms with Crippen molar-refractivity contribution in [3.8, 4) is 5.75 Å². The predicted molar refractivity (Wildman–Crippen MR) is 63.1 cm³/mol. The molecule has 0 aromatic heterocycles. The molecule has 0 spiro atoms. The molecule has 0 amide bonds. The smallest absolute Gasteiger partial charge is 0.307 e. The highest BCUT2D eigenvalue weighted by molar-refractivity contribution is 5.78. The van der Waals surface area contributed by atoms with E-state index in [-0.39, 0.29) is 11.3 Å². The number of para-hydroxylation sites is 1. The van der Waals surface area contributed by atoms with Crippen LogP contribution in [0.3, 0.4) is 0 Å². The minimum Gasteiger partial charge on any atom is -0.496 e. The SMILES string of the molecule is COc1ccccc1C1(C2CC2)CC1C(=O)O. The summed E-state index contributed by atoms with van der Waals surface area (Å²) < 4.78 is 5.38. The van der Waals surface area contributed by atoms with Gasteiger partial charge in [-0.25, -0.2) is 0 Å². The third-order valence-electron chi connectivity index (χ3n) is 4.22. The molecule has 2 aliphatic carbocycles. The average Bonchev–Trinajstić information content (AvgIpc) is 3.18. The lowest BCUT2D eigenvalue weighted by atomic mass is 9.87. The van der Waals surface area contributed by atoms with Crippen molar-refractivity contribution >= 4 is 5.97 Å². The second-order valence-corrected chi connectivity index (χ2v) is 5.11. The molecule has 2 aliphatic rings. The molecule has 1 N–H and O–H groups in total. The molecular formula is C14H16O3. The molecule has 1 aromatic rings. The first kappa shape index (κ1) is 10.6. The quantitative estimate of drug-likeness (QED) is 0.867. The Morgan fingerprint density at radius 3 is 2.65 bits per heavy atom. The predicted octanol–water partition coefficient (Wildman–Crippen LogP) is 2.45. The number of methoxy groups -OCH3 is 1. The van der Waals surface area contributed by atoms with Crippen LogP contribution in [0.1, 0.15) is 24.8 Å². The number of rotatable bonds is 4. The van der Waals surface area contributed by atoms with Gasteiger partial charge >= 0.3 is 5.97 Å². The van der Waals surface area contributed by atoms with E-state index in [1.165, 1.54) is 0 Å². The first-order valence-corrected chi connectivity index (χ1v) is 6.06. The van der Waals surface area contributed by atoms with Crippen LogP contribution < -0.4 is 4.74 Å². The van der Waals surface area contributed by atoms with E-state index in [1.807, 2.05) is 24.3 Å². The van der Waals surface area contributed by atoms with Gasteiger partial charge in [-0.05, 0) is 31.2 Å². The van der Waals surface area contributed by atoms with Gasteiger partial charge in [-0.2, -0.15) is 0 Å². The fourth-order valence-electron chi connectivity index (χ4n) is 3.18. The van der Waals surface area contributed by atoms with Crippen molar-refractivity contribution in [3.05, 3.63) is 29.8 Å². The van der Waals surface area contributed by atoms with Gasteiger partial charge in [0.2, 0.25) is 0 Å². The van der Waals surface area contributed by atoms with Crippen molar-refractivity contribution in [1.82, 2.24) is 0 Å². The average molecular weight is 232 g/mol. The normalized spacial score (nSPS) is 31.0. The Morgan fingerprint density at radius 1 is 1.41 bits per heavy atom. The number of carboxylic acid groups (broad SMARTS) is 1. The lowest BCUT2D eigenvalue weighted by Crippen LogP contribution is -2.18. The number of hydrogen-bond acceptors (Lipinski definition) is 2. The first-order valence-electron chi connectivity index (χ1n) is 6.06. The van der Waals surface area contributed by atoms with Gasteiger partial charge in [0.05, 0.1) is 13.0 Å². The van der Waals surface area contributed by atoms with Crippen molar-refractivity contribution in [2.45, 2.75) is 24.7 Å². The fourth-order valence-corrected chi connectivity index (χ4v) is 3.18. The molecular weight excluding hydrogens is 216 g/mol. The highest BCUT2D eigenvalue weighted by Gasteiger charge is 2.67.